The van der Waals surface area contributed by atoms with Gasteiger partial charge in [-0.3, -0.25) is 9.59 Å². The summed E-state index contributed by atoms with van der Waals surface area (Å²) < 4.78 is 0. The molecule has 0 saturated carbocycles. The summed E-state index contributed by atoms with van der Waals surface area (Å²) in [7, 11) is 0. The van der Waals surface area contributed by atoms with Gasteiger partial charge in [0.05, 0.1) is 16.1 Å². The molecule has 3 aromatic rings. The second kappa shape index (κ2) is 8.90. The molecule has 7 nitrogen and oxygen atoms in total. The molecule has 2 saturated heterocycles. The van der Waals surface area contributed by atoms with Gasteiger partial charge in [-0.15, -0.1) is 0 Å². The molecule has 0 radical (unpaired) electrons. The number of amides is 2. The average Bonchev–Trinajstić information content (AvgIpc) is 3.28. The number of carbonyl (C=O) groups is 2. The average molecular weight is 452 g/mol. The summed E-state index contributed by atoms with van der Waals surface area (Å²) in [4.78, 5) is 42.2. The minimum atomic E-state index is -0.0574. The number of nitrogens with one attached hydrogen (secondary N) is 1. The first-order chi connectivity index (χ1) is 15.6. The number of carbonyl (C=O) groups excluding carboxylic acids is 2. The van der Waals surface area contributed by atoms with Crippen molar-refractivity contribution in [2.24, 2.45) is 5.92 Å². The Balaban J connectivity index is 1.20. The van der Waals surface area contributed by atoms with Crippen molar-refractivity contribution >= 4 is 34.6 Å². The van der Waals surface area contributed by atoms with Crippen molar-refractivity contribution in [2.45, 2.75) is 31.6 Å². The lowest BCUT2D eigenvalue weighted by Gasteiger charge is -2.37. The Morgan fingerprint density at radius 1 is 1.00 bits per heavy atom. The minimum absolute atomic E-state index is 0.0404. The first-order valence-electron chi connectivity index (χ1n) is 11.2. The van der Waals surface area contributed by atoms with Gasteiger partial charge in [0.2, 0.25) is 5.91 Å². The van der Waals surface area contributed by atoms with Crippen molar-refractivity contribution in [1.82, 2.24) is 24.8 Å². The lowest BCUT2D eigenvalue weighted by Crippen LogP contribution is -2.47. The Hall–Kier alpha value is -2.93. The van der Waals surface area contributed by atoms with Gasteiger partial charge in [-0.2, -0.15) is 0 Å². The van der Waals surface area contributed by atoms with Gasteiger partial charge < -0.3 is 14.8 Å². The van der Waals surface area contributed by atoms with Crippen LogP contribution in [-0.4, -0.2) is 62.7 Å². The molecule has 1 N–H and O–H groups in total. The highest BCUT2D eigenvalue weighted by Gasteiger charge is 2.34. The molecule has 4 heterocycles. The highest BCUT2D eigenvalue weighted by molar-refractivity contribution is 6.33. The van der Waals surface area contributed by atoms with Crippen LogP contribution < -0.4 is 0 Å². The van der Waals surface area contributed by atoms with E-state index < -0.39 is 0 Å². The number of H-pyrrole nitrogens is 1. The van der Waals surface area contributed by atoms with Crippen LogP contribution in [0, 0.1) is 5.92 Å². The minimum Gasteiger partial charge on any atom is -0.342 e. The van der Waals surface area contributed by atoms with Gasteiger partial charge in [0, 0.05) is 44.2 Å². The lowest BCUT2D eigenvalue weighted by molar-refractivity contribution is -0.138. The van der Waals surface area contributed by atoms with Crippen LogP contribution in [0.4, 0.5) is 0 Å². The molecule has 2 aliphatic heterocycles. The zero-order valence-corrected chi connectivity index (χ0v) is 18.6. The van der Waals surface area contributed by atoms with Crippen LogP contribution in [-0.2, 0) is 4.79 Å². The van der Waals surface area contributed by atoms with Crippen molar-refractivity contribution in [3.8, 4) is 0 Å². The van der Waals surface area contributed by atoms with E-state index in [1.54, 1.807) is 18.3 Å². The molecule has 1 unspecified atom stereocenters. The van der Waals surface area contributed by atoms with Gasteiger partial charge in [-0.05, 0) is 49.9 Å². The van der Waals surface area contributed by atoms with E-state index in [0.717, 1.165) is 36.4 Å². The maximum Gasteiger partial charge on any atom is 0.255 e. The second-order valence-corrected chi connectivity index (χ2v) is 9.07. The Labute approximate surface area is 191 Å². The van der Waals surface area contributed by atoms with Crippen molar-refractivity contribution in [1.29, 1.82) is 0 Å². The molecule has 2 aliphatic rings. The number of hydrogen-bond donors (Lipinski definition) is 1. The summed E-state index contributed by atoms with van der Waals surface area (Å²) in [6, 6.07) is 11.0. The van der Waals surface area contributed by atoms with E-state index in [0.29, 0.717) is 43.1 Å². The zero-order chi connectivity index (χ0) is 22.1. The fourth-order valence-corrected chi connectivity index (χ4v) is 5.07. The monoisotopic (exact) mass is 451 g/mol. The molecule has 1 atom stereocenters. The number of piperidine rings is 2. The maximum absolute atomic E-state index is 13.3. The molecule has 166 valence electrons. The van der Waals surface area contributed by atoms with Crippen molar-refractivity contribution < 1.29 is 9.59 Å². The quantitative estimate of drug-likeness (QED) is 0.655. The normalized spacial score (nSPS) is 20.0. The molecule has 2 fully saturated rings. The number of halogens is 1. The fraction of sp³-hybridized carbons (Fsp3) is 0.417. The standard InChI is InChI=1S/C24H26ClN5O2/c25-19-7-2-1-6-18(19)24(32)29-13-9-16(10-14-29)23(31)30-12-4-5-17(15-30)21-27-20-8-3-11-26-22(20)28-21/h1-3,6-8,11,16-17H,4-5,9-10,12-15H2,(H,26,27,28). The number of pyridine rings is 1. The predicted octanol–water partition coefficient (Wildman–Crippen LogP) is 3.87. The number of imidazole rings is 1. The number of aromatic amines is 1. The summed E-state index contributed by atoms with van der Waals surface area (Å²) in [6.07, 6.45) is 5.08. The number of likely N-dealkylation sites (tertiary alicyclic amines) is 2. The molecule has 2 amide bonds. The van der Waals surface area contributed by atoms with Crippen LogP contribution >= 0.6 is 11.6 Å². The Morgan fingerprint density at radius 3 is 2.59 bits per heavy atom. The summed E-state index contributed by atoms with van der Waals surface area (Å²) in [5.74, 6) is 1.22. The number of hydrogen-bond acceptors (Lipinski definition) is 4. The van der Waals surface area contributed by atoms with E-state index in [2.05, 4.69) is 15.0 Å². The third-order valence-corrected chi connectivity index (χ3v) is 6.96. The van der Waals surface area contributed by atoms with E-state index in [1.807, 2.05) is 34.1 Å². The van der Waals surface area contributed by atoms with Crippen LogP contribution in [0.25, 0.3) is 11.2 Å². The Kier molecular flexibility index (Phi) is 5.83. The van der Waals surface area contributed by atoms with Gasteiger partial charge in [0.25, 0.3) is 5.91 Å². The summed E-state index contributed by atoms with van der Waals surface area (Å²) in [6.45, 7) is 2.62. The number of nitrogens with zero attached hydrogens (tertiary/aromatic N) is 4. The van der Waals surface area contributed by atoms with Gasteiger partial charge in [-0.1, -0.05) is 23.7 Å². The highest BCUT2D eigenvalue weighted by atomic mass is 35.5. The maximum atomic E-state index is 13.3. The van der Waals surface area contributed by atoms with Crippen LogP contribution in [0.15, 0.2) is 42.6 Å². The molecule has 0 aliphatic carbocycles. The summed E-state index contributed by atoms with van der Waals surface area (Å²) >= 11 is 6.19. The molecule has 8 heteroatoms. The third-order valence-electron chi connectivity index (χ3n) is 6.63. The number of rotatable bonds is 3. The molecular formula is C24H26ClN5O2. The molecule has 1 aromatic carbocycles. The highest BCUT2D eigenvalue weighted by Crippen LogP contribution is 2.29. The molecular weight excluding hydrogens is 426 g/mol. The molecule has 5 rings (SSSR count). The van der Waals surface area contributed by atoms with E-state index in [4.69, 9.17) is 11.6 Å². The van der Waals surface area contributed by atoms with Crippen molar-refractivity contribution in [2.75, 3.05) is 26.2 Å². The van der Waals surface area contributed by atoms with Gasteiger partial charge in [0.15, 0.2) is 5.65 Å². The Bertz CT molecular complexity index is 1110. The fourth-order valence-electron chi connectivity index (χ4n) is 4.85. The molecule has 0 bridgehead atoms. The summed E-state index contributed by atoms with van der Waals surface area (Å²) in [5, 5.41) is 0.468. The first kappa shape index (κ1) is 20.9. The van der Waals surface area contributed by atoms with Crippen molar-refractivity contribution in [3.05, 3.63) is 59.0 Å². The van der Waals surface area contributed by atoms with E-state index in [9.17, 15) is 9.59 Å². The van der Waals surface area contributed by atoms with Crippen LogP contribution in [0.1, 0.15) is 47.8 Å². The number of fused-ring (bicyclic) bond motifs is 1. The van der Waals surface area contributed by atoms with Crippen LogP contribution in [0.2, 0.25) is 5.02 Å². The number of benzene rings is 1. The van der Waals surface area contributed by atoms with E-state index in [-0.39, 0.29) is 23.7 Å². The first-order valence-corrected chi connectivity index (χ1v) is 11.6. The third kappa shape index (κ3) is 4.09. The van der Waals surface area contributed by atoms with Crippen LogP contribution in [0.5, 0.6) is 0 Å². The molecule has 32 heavy (non-hydrogen) atoms. The zero-order valence-electron chi connectivity index (χ0n) is 17.8. The summed E-state index contributed by atoms with van der Waals surface area (Å²) in [5.41, 5.74) is 2.18. The topological polar surface area (TPSA) is 82.2 Å². The SMILES string of the molecule is O=C(c1ccccc1Cl)N1CCC(C(=O)N2CCCC(c3nc4ncccc4[nH]3)C2)CC1. The van der Waals surface area contributed by atoms with Gasteiger partial charge >= 0.3 is 0 Å². The van der Waals surface area contributed by atoms with E-state index >= 15 is 0 Å². The molecule has 0 spiro atoms. The Morgan fingerprint density at radius 2 is 1.81 bits per heavy atom. The second-order valence-electron chi connectivity index (χ2n) is 8.67. The van der Waals surface area contributed by atoms with E-state index in [1.165, 1.54) is 0 Å². The van der Waals surface area contributed by atoms with Gasteiger partial charge in [-0.25, -0.2) is 9.97 Å². The van der Waals surface area contributed by atoms with Crippen LogP contribution in [0.3, 0.4) is 0 Å². The smallest absolute Gasteiger partial charge is 0.255 e. The molecule has 2 aromatic heterocycles. The van der Waals surface area contributed by atoms with Crippen molar-refractivity contribution in [3.63, 3.8) is 0 Å². The number of aromatic nitrogens is 3. The largest absolute Gasteiger partial charge is 0.342 e. The predicted molar refractivity (Wildman–Crippen MR) is 123 cm³/mol. The lowest BCUT2D eigenvalue weighted by atomic mass is 9.91. The van der Waals surface area contributed by atoms with Gasteiger partial charge in [0.1, 0.15) is 5.82 Å².